The van der Waals surface area contributed by atoms with Gasteiger partial charge >= 0.3 is 0 Å². The minimum absolute atomic E-state index is 0.198. The van der Waals surface area contributed by atoms with Crippen molar-refractivity contribution in [2.45, 2.75) is 38.3 Å². The summed E-state index contributed by atoms with van der Waals surface area (Å²) in [6.07, 6.45) is 4.25. The third kappa shape index (κ3) is 6.97. The number of hydrogen-bond donors (Lipinski definition) is 1. The van der Waals surface area contributed by atoms with E-state index in [0.29, 0.717) is 18.6 Å². The Morgan fingerprint density at radius 1 is 1.26 bits per heavy atom. The average Bonchev–Trinajstić information content (AvgIpc) is 2.48. The van der Waals surface area contributed by atoms with Crippen molar-refractivity contribution in [1.29, 1.82) is 0 Å². The molecule has 6 heteroatoms. The van der Waals surface area contributed by atoms with Gasteiger partial charge in [-0.3, -0.25) is 0 Å². The number of nitrogens with one attached hydrogen (secondary N) is 1. The van der Waals surface area contributed by atoms with Crippen molar-refractivity contribution in [1.82, 2.24) is 10.2 Å². The molecule has 0 amide bonds. The second kappa shape index (κ2) is 8.22. The van der Waals surface area contributed by atoms with Crippen LogP contribution in [0.3, 0.4) is 0 Å². The zero-order valence-corrected chi connectivity index (χ0v) is 14.8. The lowest BCUT2D eigenvalue weighted by molar-refractivity contribution is 0.200. The Bertz CT molecular complexity index is 581. The quantitative estimate of drug-likeness (QED) is 0.822. The van der Waals surface area contributed by atoms with Crippen molar-refractivity contribution in [3.63, 3.8) is 0 Å². The third-order valence-corrected chi connectivity index (χ3v) is 5.27. The Hall–Kier alpha value is -0.980. The van der Waals surface area contributed by atoms with E-state index < -0.39 is 9.84 Å². The molecule has 2 rings (SSSR count). The summed E-state index contributed by atoms with van der Waals surface area (Å²) in [4.78, 5) is 2.23. The molecule has 23 heavy (non-hydrogen) atoms. The number of rotatable bonds is 7. The second-order valence-electron chi connectivity index (χ2n) is 6.64. The Labute approximate surface area is 139 Å². The third-order valence-electron chi connectivity index (χ3n) is 4.34. The number of halogens is 1. The molecule has 4 nitrogen and oxygen atoms in total. The summed E-state index contributed by atoms with van der Waals surface area (Å²) in [5, 5.41) is 3.64. The van der Waals surface area contributed by atoms with E-state index >= 15 is 0 Å². The van der Waals surface area contributed by atoms with Gasteiger partial charge in [0.05, 0.1) is 5.75 Å². The molecular weight excluding hydrogens is 315 g/mol. The molecular formula is C17H27FN2O2S. The highest BCUT2D eigenvalue weighted by atomic mass is 32.2. The van der Waals surface area contributed by atoms with Crippen LogP contribution in [0, 0.1) is 5.82 Å². The molecule has 130 valence electrons. The Balaban J connectivity index is 1.70. The van der Waals surface area contributed by atoms with Crippen molar-refractivity contribution in [3.8, 4) is 0 Å². The average molecular weight is 342 g/mol. The Morgan fingerprint density at radius 3 is 2.43 bits per heavy atom. The summed E-state index contributed by atoms with van der Waals surface area (Å²) >= 11 is 0. The first kappa shape index (κ1) is 18.4. The molecule has 1 heterocycles. The SMILES string of the molecule is C[C@H](Cc1ccc(F)cc1)NC1CCN(CCS(C)(=O)=O)CC1. The molecule has 1 aliphatic rings. The number of benzene rings is 1. The van der Waals surface area contributed by atoms with E-state index in [2.05, 4.69) is 17.1 Å². The van der Waals surface area contributed by atoms with E-state index in [-0.39, 0.29) is 11.6 Å². The van der Waals surface area contributed by atoms with E-state index in [9.17, 15) is 12.8 Å². The molecule has 0 bridgehead atoms. The van der Waals surface area contributed by atoms with Crippen LogP contribution < -0.4 is 5.32 Å². The highest BCUT2D eigenvalue weighted by Crippen LogP contribution is 2.13. The fourth-order valence-electron chi connectivity index (χ4n) is 3.05. The fourth-order valence-corrected chi connectivity index (χ4v) is 3.64. The van der Waals surface area contributed by atoms with Gasteiger partial charge < -0.3 is 10.2 Å². The molecule has 1 aliphatic heterocycles. The number of piperidine rings is 1. The van der Waals surface area contributed by atoms with Gasteiger partial charge in [0, 0.05) is 24.9 Å². The summed E-state index contributed by atoms with van der Waals surface area (Å²) in [6.45, 7) is 4.67. The van der Waals surface area contributed by atoms with Gasteiger partial charge in [-0.2, -0.15) is 0 Å². The van der Waals surface area contributed by atoms with Gasteiger partial charge in [-0.1, -0.05) is 12.1 Å². The van der Waals surface area contributed by atoms with Gasteiger partial charge in [0.25, 0.3) is 0 Å². The summed E-state index contributed by atoms with van der Waals surface area (Å²) in [6, 6.07) is 7.49. The van der Waals surface area contributed by atoms with Crippen molar-refractivity contribution >= 4 is 9.84 Å². The van der Waals surface area contributed by atoms with E-state index in [0.717, 1.165) is 37.9 Å². The first-order valence-electron chi connectivity index (χ1n) is 8.22. The summed E-state index contributed by atoms with van der Waals surface area (Å²) in [5.74, 6) is 0.0438. The monoisotopic (exact) mass is 342 g/mol. The van der Waals surface area contributed by atoms with Gasteiger partial charge in [-0.25, -0.2) is 12.8 Å². The number of hydrogen-bond acceptors (Lipinski definition) is 4. The van der Waals surface area contributed by atoms with Crippen molar-refractivity contribution in [2.75, 3.05) is 31.6 Å². The molecule has 1 aromatic carbocycles. The van der Waals surface area contributed by atoms with Crippen molar-refractivity contribution in [2.24, 2.45) is 0 Å². The Kier molecular flexibility index (Phi) is 6.56. The molecule has 0 unspecified atom stereocenters. The maximum atomic E-state index is 12.9. The lowest BCUT2D eigenvalue weighted by Crippen LogP contribution is -2.46. The van der Waals surface area contributed by atoms with Crippen LogP contribution in [-0.4, -0.2) is 57.0 Å². The largest absolute Gasteiger partial charge is 0.311 e. The maximum absolute atomic E-state index is 12.9. The molecule has 1 atom stereocenters. The number of nitrogens with zero attached hydrogens (tertiary/aromatic N) is 1. The standard InChI is InChI=1S/C17H27FN2O2S/c1-14(13-15-3-5-16(18)6-4-15)19-17-7-9-20(10-8-17)11-12-23(2,21)22/h3-6,14,17,19H,7-13H2,1-2H3/t14-/m1/s1. The van der Waals surface area contributed by atoms with Crippen LogP contribution >= 0.6 is 0 Å². The predicted octanol–water partition coefficient (Wildman–Crippen LogP) is 1.86. The van der Waals surface area contributed by atoms with Gasteiger partial charge in [0.15, 0.2) is 0 Å². The summed E-state index contributed by atoms with van der Waals surface area (Å²) in [7, 11) is -2.88. The van der Waals surface area contributed by atoms with Crippen LogP contribution in [-0.2, 0) is 16.3 Å². The van der Waals surface area contributed by atoms with E-state index in [1.807, 2.05) is 12.1 Å². The van der Waals surface area contributed by atoms with E-state index in [1.54, 1.807) is 0 Å². The number of sulfone groups is 1. The van der Waals surface area contributed by atoms with Gasteiger partial charge in [-0.15, -0.1) is 0 Å². The molecule has 1 fully saturated rings. The molecule has 0 aromatic heterocycles. The molecule has 0 spiro atoms. The predicted molar refractivity (Wildman–Crippen MR) is 91.9 cm³/mol. The lowest BCUT2D eigenvalue weighted by Gasteiger charge is -2.33. The molecule has 1 saturated heterocycles. The van der Waals surface area contributed by atoms with Gasteiger partial charge in [0.1, 0.15) is 15.7 Å². The maximum Gasteiger partial charge on any atom is 0.148 e. The minimum atomic E-state index is -2.88. The first-order chi connectivity index (χ1) is 10.8. The molecule has 1 aromatic rings. The zero-order valence-electron chi connectivity index (χ0n) is 14.0. The van der Waals surface area contributed by atoms with Gasteiger partial charge in [0.2, 0.25) is 0 Å². The minimum Gasteiger partial charge on any atom is -0.311 e. The smallest absolute Gasteiger partial charge is 0.148 e. The van der Waals surface area contributed by atoms with Crippen LogP contribution in [0.1, 0.15) is 25.3 Å². The second-order valence-corrected chi connectivity index (χ2v) is 8.90. The summed E-state index contributed by atoms with van der Waals surface area (Å²) in [5.41, 5.74) is 1.14. The van der Waals surface area contributed by atoms with Gasteiger partial charge in [-0.05, 0) is 57.0 Å². The van der Waals surface area contributed by atoms with Crippen LogP contribution in [0.25, 0.3) is 0 Å². The zero-order chi connectivity index (χ0) is 16.9. The van der Waals surface area contributed by atoms with Crippen LogP contribution in [0.2, 0.25) is 0 Å². The molecule has 1 N–H and O–H groups in total. The molecule has 0 radical (unpaired) electrons. The fraction of sp³-hybridized carbons (Fsp3) is 0.647. The topological polar surface area (TPSA) is 49.4 Å². The highest BCUT2D eigenvalue weighted by Gasteiger charge is 2.21. The van der Waals surface area contributed by atoms with Crippen LogP contribution in [0.15, 0.2) is 24.3 Å². The van der Waals surface area contributed by atoms with Crippen LogP contribution in [0.5, 0.6) is 0 Å². The van der Waals surface area contributed by atoms with Crippen molar-refractivity contribution < 1.29 is 12.8 Å². The Morgan fingerprint density at radius 2 is 1.87 bits per heavy atom. The van der Waals surface area contributed by atoms with E-state index in [4.69, 9.17) is 0 Å². The summed E-state index contributed by atoms with van der Waals surface area (Å²) < 4.78 is 35.3. The van der Waals surface area contributed by atoms with Crippen molar-refractivity contribution in [3.05, 3.63) is 35.6 Å². The lowest BCUT2D eigenvalue weighted by atomic mass is 10.0. The molecule has 0 aliphatic carbocycles. The van der Waals surface area contributed by atoms with E-state index in [1.165, 1.54) is 18.4 Å². The molecule has 0 saturated carbocycles. The first-order valence-corrected chi connectivity index (χ1v) is 10.3. The van der Waals surface area contributed by atoms with Crippen LogP contribution in [0.4, 0.5) is 4.39 Å². The number of likely N-dealkylation sites (tertiary alicyclic amines) is 1. The normalized spacial score (nSPS) is 18.9. The highest BCUT2D eigenvalue weighted by molar-refractivity contribution is 7.90.